The van der Waals surface area contributed by atoms with Crippen molar-refractivity contribution in [2.45, 2.75) is 13.3 Å². The maximum absolute atomic E-state index is 6.65. The Balaban J connectivity index is 1.45. The first-order valence-electron chi connectivity index (χ1n) is 13.7. The minimum atomic E-state index is 0.493. The lowest BCUT2D eigenvalue weighted by Crippen LogP contribution is -2.00. The van der Waals surface area contributed by atoms with E-state index in [2.05, 4.69) is 139 Å². The molecule has 1 atom stereocenters. The quantitative estimate of drug-likeness (QED) is 0.235. The first kappa shape index (κ1) is 22.2. The summed E-state index contributed by atoms with van der Waals surface area (Å²) in [6, 6.07) is 41.5. The summed E-state index contributed by atoms with van der Waals surface area (Å²) < 4.78 is 9.06. The zero-order chi connectivity index (χ0) is 25.9. The summed E-state index contributed by atoms with van der Waals surface area (Å²) in [6.45, 7) is 2.25. The average molecular weight is 502 g/mol. The first-order chi connectivity index (χ1) is 19.2. The van der Waals surface area contributed by atoms with Gasteiger partial charge in [0.05, 0.1) is 16.4 Å². The van der Waals surface area contributed by atoms with Gasteiger partial charge in [-0.1, -0.05) is 97.9 Å². The van der Waals surface area contributed by atoms with Crippen molar-refractivity contribution in [3.63, 3.8) is 0 Å². The van der Waals surface area contributed by atoms with Gasteiger partial charge in [0.2, 0.25) is 0 Å². The van der Waals surface area contributed by atoms with Crippen molar-refractivity contribution >= 4 is 38.9 Å². The number of hydrogen-bond acceptors (Lipinski definition) is 1. The molecule has 1 aliphatic rings. The second kappa shape index (κ2) is 8.61. The molecule has 7 aromatic rings. The molecule has 1 unspecified atom stereocenters. The molecule has 0 N–H and O–H groups in total. The van der Waals surface area contributed by atoms with Gasteiger partial charge in [-0.25, -0.2) is 0 Å². The van der Waals surface area contributed by atoms with Gasteiger partial charge >= 0.3 is 0 Å². The van der Waals surface area contributed by atoms with Crippen molar-refractivity contribution in [3.05, 3.63) is 133 Å². The maximum Gasteiger partial charge on any atom is 0.144 e. The van der Waals surface area contributed by atoms with E-state index in [1.165, 1.54) is 49.5 Å². The normalized spacial score (nSPS) is 14.8. The summed E-state index contributed by atoms with van der Waals surface area (Å²) in [5.41, 5.74) is 10.5. The molecule has 186 valence electrons. The van der Waals surface area contributed by atoms with Crippen LogP contribution in [0.1, 0.15) is 18.2 Å². The van der Waals surface area contributed by atoms with Gasteiger partial charge in [-0.05, 0) is 64.6 Å². The highest BCUT2D eigenvalue weighted by Gasteiger charge is 2.23. The van der Waals surface area contributed by atoms with Gasteiger partial charge in [0, 0.05) is 28.4 Å². The van der Waals surface area contributed by atoms with Gasteiger partial charge in [-0.2, -0.15) is 0 Å². The molecule has 2 nitrogen and oxygen atoms in total. The van der Waals surface area contributed by atoms with Crippen LogP contribution in [0.15, 0.2) is 126 Å². The van der Waals surface area contributed by atoms with E-state index in [0.717, 1.165) is 29.0 Å². The number of aromatic nitrogens is 1. The standard InChI is InChI=1S/C37H27NO/c1-24-16-17-30-31-18-19-34-36(37(31)39-35(30)20-24)32-14-8-9-15-33(32)38(34)29-22-27(25-10-4-2-5-11-25)21-28(23-29)26-12-6-3-7-13-26/h2-19,21-24H,20H2,1H3. The molecule has 0 amide bonds. The number of nitrogens with zero attached hydrogens (tertiary/aromatic N) is 1. The van der Waals surface area contributed by atoms with Crippen LogP contribution in [-0.4, -0.2) is 4.57 Å². The van der Waals surface area contributed by atoms with E-state index in [1.54, 1.807) is 0 Å². The van der Waals surface area contributed by atoms with Crippen LogP contribution >= 0.6 is 0 Å². The van der Waals surface area contributed by atoms with Crippen LogP contribution in [0.2, 0.25) is 0 Å². The number of furan rings is 1. The van der Waals surface area contributed by atoms with Crippen molar-refractivity contribution in [3.8, 4) is 27.9 Å². The van der Waals surface area contributed by atoms with Crippen molar-refractivity contribution in [2.75, 3.05) is 0 Å². The number of para-hydroxylation sites is 1. The second-order valence-electron chi connectivity index (χ2n) is 10.7. The third-order valence-electron chi connectivity index (χ3n) is 8.10. The molecule has 1 aliphatic carbocycles. The fourth-order valence-corrected chi connectivity index (χ4v) is 6.24. The third kappa shape index (κ3) is 3.49. The second-order valence-corrected chi connectivity index (χ2v) is 10.7. The van der Waals surface area contributed by atoms with Crippen LogP contribution < -0.4 is 0 Å². The summed E-state index contributed by atoms with van der Waals surface area (Å²) in [5, 5.41) is 3.60. The van der Waals surface area contributed by atoms with E-state index in [0.29, 0.717) is 5.92 Å². The monoisotopic (exact) mass is 501 g/mol. The Morgan fingerprint density at radius 1 is 0.641 bits per heavy atom. The lowest BCUT2D eigenvalue weighted by atomic mass is 9.95. The predicted octanol–water partition coefficient (Wildman–Crippen LogP) is 10.1. The Morgan fingerprint density at radius 2 is 1.31 bits per heavy atom. The summed E-state index contributed by atoms with van der Waals surface area (Å²) in [6.07, 6.45) is 5.49. The predicted molar refractivity (Wildman–Crippen MR) is 163 cm³/mol. The zero-order valence-electron chi connectivity index (χ0n) is 21.8. The van der Waals surface area contributed by atoms with E-state index in [4.69, 9.17) is 4.42 Å². The topological polar surface area (TPSA) is 18.1 Å². The third-order valence-corrected chi connectivity index (χ3v) is 8.10. The summed E-state index contributed by atoms with van der Waals surface area (Å²) in [7, 11) is 0. The Bertz CT molecular complexity index is 1980. The summed E-state index contributed by atoms with van der Waals surface area (Å²) in [5.74, 6) is 1.59. The fourth-order valence-electron chi connectivity index (χ4n) is 6.24. The minimum absolute atomic E-state index is 0.493. The van der Waals surface area contributed by atoms with E-state index in [9.17, 15) is 0 Å². The summed E-state index contributed by atoms with van der Waals surface area (Å²) in [4.78, 5) is 0. The zero-order valence-corrected chi connectivity index (χ0v) is 21.8. The summed E-state index contributed by atoms with van der Waals surface area (Å²) >= 11 is 0. The van der Waals surface area contributed by atoms with Crippen LogP contribution in [0.3, 0.4) is 0 Å². The van der Waals surface area contributed by atoms with Crippen LogP contribution in [0.4, 0.5) is 0 Å². The molecule has 0 aliphatic heterocycles. The first-order valence-corrected chi connectivity index (χ1v) is 13.7. The molecule has 0 saturated heterocycles. The number of benzene rings is 5. The van der Waals surface area contributed by atoms with Gasteiger partial charge < -0.3 is 8.98 Å². The smallest absolute Gasteiger partial charge is 0.144 e. The van der Waals surface area contributed by atoms with E-state index < -0.39 is 0 Å². The SMILES string of the molecule is CC1C=Cc2c(oc3c2ccc2c3c3ccccc3n2-c2cc(-c3ccccc3)cc(-c3ccccc3)c2)C1. The fraction of sp³-hybridized carbons (Fsp3) is 0.0811. The lowest BCUT2D eigenvalue weighted by Gasteiger charge is -2.14. The Kier molecular flexibility index (Phi) is 4.90. The van der Waals surface area contributed by atoms with Gasteiger partial charge in [0.25, 0.3) is 0 Å². The average Bonchev–Trinajstić information content (AvgIpc) is 3.53. The van der Waals surface area contributed by atoms with E-state index in [1.807, 2.05) is 0 Å². The van der Waals surface area contributed by atoms with Gasteiger partial charge in [-0.15, -0.1) is 0 Å². The van der Waals surface area contributed by atoms with Crippen molar-refractivity contribution < 1.29 is 4.42 Å². The van der Waals surface area contributed by atoms with Crippen LogP contribution in [0.5, 0.6) is 0 Å². The number of rotatable bonds is 3. The molecule has 5 aromatic carbocycles. The molecule has 39 heavy (non-hydrogen) atoms. The number of allylic oxidation sites excluding steroid dienone is 1. The Labute approximate surface area is 227 Å². The number of hydrogen-bond donors (Lipinski definition) is 0. The lowest BCUT2D eigenvalue weighted by molar-refractivity contribution is 0.515. The Morgan fingerprint density at radius 3 is 2.03 bits per heavy atom. The van der Waals surface area contributed by atoms with E-state index in [-0.39, 0.29) is 0 Å². The number of fused-ring (bicyclic) bond motifs is 7. The van der Waals surface area contributed by atoms with Crippen LogP contribution in [0.25, 0.3) is 66.8 Å². The highest BCUT2D eigenvalue weighted by Crippen LogP contribution is 2.42. The van der Waals surface area contributed by atoms with Crippen molar-refractivity contribution in [1.29, 1.82) is 0 Å². The van der Waals surface area contributed by atoms with Gasteiger partial charge in [-0.3, -0.25) is 0 Å². The molecule has 8 rings (SSSR count). The van der Waals surface area contributed by atoms with Gasteiger partial charge in [0.15, 0.2) is 0 Å². The highest BCUT2D eigenvalue weighted by atomic mass is 16.3. The molecule has 0 fully saturated rings. The van der Waals surface area contributed by atoms with Crippen molar-refractivity contribution in [1.82, 2.24) is 4.57 Å². The molecule has 2 aromatic heterocycles. The molecule has 0 bridgehead atoms. The molecule has 2 heterocycles. The molecule has 2 heteroatoms. The molecule has 0 spiro atoms. The molecular formula is C37H27NO. The largest absolute Gasteiger partial charge is 0.460 e. The molecule has 0 radical (unpaired) electrons. The van der Waals surface area contributed by atoms with Crippen LogP contribution in [0, 0.1) is 5.92 Å². The highest BCUT2D eigenvalue weighted by molar-refractivity contribution is 6.20. The van der Waals surface area contributed by atoms with Crippen LogP contribution in [-0.2, 0) is 6.42 Å². The molecule has 0 saturated carbocycles. The Hall–Kier alpha value is -4.82. The van der Waals surface area contributed by atoms with Crippen molar-refractivity contribution in [2.24, 2.45) is 5.92 Å². The van der Waals surface area contributed by atoms with E-state index >= 15 is 0 Å². The van der Waals surface area contributed by atoms with Gasteiger partial charge in [0.1, 0.15) is 11.3 Å². The minimum Gasteiger partial charge on any atom is -0.460 e. The maximum atomic E-state index is 6.65. The molecular weight excluding hydrogens is 474 g/mol.